The van der Waals surface area contributed by atoms with E-state index in [0.29, 0.717) is 27.4 Å². The number of halogens is 1. The molecule has 3 heterocycles. The van der Waals surface area contributed by atoms with Crippen molar-refractivity contribution >= 4 is 23.3 Å². The van der Waals surface area contributed by atoms with Crippen molar-refractivity contribution in [2.45, 2.75) is 69.6 Å². The van der Waals surface area contributed by atoms with Crippen LogP contribution in [0.15, 0.2) is 30.6 Å². The van der Waals surface area contributed by atoms with E-state index in [2.05, 4.69) is 36.5 Å². The Hall–Kier alpha value is -2.93. The Morgan fingerprint density at radius 2 is 1.82 bits per heavy atom. The molecular weight excluding hydrogens is 526 g/mol. The van der Waals surface area contributed by atoms with Crippen LogP contribution in [0.5, 0.6) is 5.75 Å². The first-order valence-electron chi connectivity index (χ1n) is 14.7. The molecule has 4 fully saturated rings. The number of rotatable bonds is 6. The number of nitriles is 1. The lowest BCUT2D eigenvalue weighted by molar-refractivity contribution is -0.0224. The van der Waals surface area contributed by atoms with Crippen LogP contribution in [0, 0.1) is 16.7 Å². The molecule has 40 heavy (non-hydrogen) atoms. The van der Waals surface area contributed by atoms with Crippen molar-refractivity contribution in [3.05, 3.63) is 46.9 Å². The van der Waals surface area contributed by atoms with Gasteiger partial charge in [-0.1, -0.05) is 11.6 Å². The van der Waals surface area contributed by atoms with Crippen molar-refractivity contribution in [1.29, 1.82) is 5.26 Å². The SMILES string of the molecule is N#Cc1ccc(O[C@H]2CC[C@H](NC(=O)c3cnc(N4CCN(C5CC6(CCNCC6)C5)CC4)cn3)CC2)cc1Cl. The zero-order valence-electron chi connectivity index (χ0n) is 22.9. The molecule has 0 atom stereocenters. The first-order chi connectivity index (χ1) is 19.5. The van der Waals surface area contributed by atoms with E-state index in [1.54, 1.807) is 30.6 Å². The molecule has 1 aromatic carbocycles. The van der Waals surface area contributed by atoms with Gasteiger partial charge in [0.15, 0.2) is 0 Å². The maximum absolute atomic E-state index is 12.8. The first-order valence-corrected chi connectivity index (χ1v) is 15.1. The zero-order chi connectivity index (χ0) is 27.5. The van der Waals surface area contributed by atoms with Gasteiger partial charge >= 0.3 is 0 Å². The Balaban J connectivity index is 0.926. The van der Waals surface area contributed by atoms with Gasteiger partial charge in [-0.25, -0.2) is 9.97 Å². The molecule has 1 aromatic heterocycles. The Kier molecular flexibility index (Phi) is 8.10. The van der Waals surface area contributed by atoms with Crippen LogP contribution in [-0.2, 0) is 0 Å². The number of anilines is 1. The second kappa shape index (κ2) is 11.9. The minimum Gasteiger partial charge on any atom is -0.490 e. The van der Waals surface area contributed by atoms with Crippen molar-refractivity contribution in [1.82, 2.24) is 25.5 Å². The molecule has 0 bridgehead atoms. The van der Waals surface area contributed by atoms with Gasteiger partial charge in [-0.3, -0.25) is 9.69 Å². The Labute approximate surface area is 241 Å². The topological polar surface area (TPSA) is 106 Å². The van der Waals surface area contributed by atoms with Crippen LogP contribution < -0.4 is 20.3 Å². The summed E-state index contributed by atoms with van der Waals surface area (Å²) in [7, 11) is 0. The van der Waals surface area contributed by atoms with Gasteiger partial charge in [0.2, 0.25) is 0 Å². The van der Waals surface area contributed by atoms with Crippen LogP contribution in [0.1, 0.15) is 67.4 Å². The third-order valence-electron chi connectivity index (χ3n) is 9.40. The predicted octanol–water partition coefficient (Wildman–Crippen LogP) is 3.78. The molecule has 2 N–H and O–H groups in total. The lowest BCUT2D eigenvalue weighted by Gasteiger charge is -2.55. The predicted molar refractivity (Wildman–Crippen MR) is 154 cm³/mol. The van der Waals surface area contributed by atoms with Gasteiger partial charge in [0.25, 0.3) is 5.91 Å². The van der Waals surface area contributed by atoms with Gasteiger partial charge in [-0.05, 0) is 82.0 Å². The number of carbonyl (C=O) groups is 1. The maximum atomic E-state index is 12.8. The van der Waals surface area contributed by atoms with Crippen molar-refractivity contribution in [3.8, 4) is 11.8 Å². The molecule has 2 saturated heterocycles. The number of hydrogen-bond donors (Lipinski definition) is 2. The summed E-state index contributed by atoms with van der Waals surface area (Å²) >= 11 is 6.12. The molecule has 2 aromatic rings. The largest absolute Gasteiger partial charge is 0.490 e. The fourth-order valence-electron chi connectivity index (χ4n) is 6.92. The van der Waals surface area contributed by atoms with Gasteiger partial charge in [0.05, 0.1) is 29.1 Å². The van der Waals surface area contributed by atoms with Gasteiger partial charge in [0, 0.05) is 44.3 Å². The molecule has 1 amide bonds. The highest BCUT2D eigenvalue weighted by Crippen LogP contribution is 2.50. The normalized spacial score (nSPS) is 25.1. The summed E-state index contributed by atoms with van der Waals surface area (Å²) in [5.74, 6) is 1.34. The highest BCUT2D eigenvalue weighted by atomic mass is 35.5. The number of carbonyl (C=O) groups excluding carboxylic acids is 1. The average Bonchev–Trinajstić information content (AvgIpc) is 2.98. The quantitative estimate of drug-likeness (QED) is 0.547. The van der Waals surface area contributed by atoms with Gasteiger partial charge < -0.3 is 20.3 Å². The highest BCUT2D eigenvalue weighted by molar-refractivity contribution is 6.31. The number of benzene rings is 1. The number of amides is 1. The summed E-state index contributed by atoms with van der Waals surface area (Å²) < 4.78 is 6.06. The Bertz CT molecular complexity index is 1220. The number of nitrogens with one attached hydrogen (secondary N) is 2. The van der Waals surface area contributed by atoms with E-state index >= 15 is 0 Å². The van der Waals surface area contributed by atoms with Crippen molar-refractivity contribution < 1.29 is 9.53 Å². The van der Waals surface area contributed by atoms with Crippen molar-refractivity contribution in [2.24, 2.45) is 5.41 Å². The second-order valence-electron chi connectivity index (χ2n) is 11.9. The molecule has 9 nitrogen and oxygen atoms in total. The van der Waals surface area contributed by atoms with Crippen molar-refractivity contribution in [3.63, 3.8) is 0 Å². The fourth-order valence-corrected chi connectivity index (χ4v) is 7.13. The molecule has 2 saturated carbocycles. The Morgan fingerprint density at radius 3 is 2.48 bits per heavy atom. The zero-order valence-corrected chi connectivity index (χ0v) is 23.7. The lowest BCUT2D eigenvalue weighted by atomic mass is 9.60. The first kappa shape index (κ1) is 27.3. The smallest absolute Gasteiger partial charge is 0.271 e. The molecule has 2 aliphatic heterocycles. The summed E-state index contributed by atoms with van der Waals surface area (Å²) in [6, 6.07) is 8.03. The molecular formula is C30H38ClN7O2. The van der Waals surface area contributed by atoms with Crippen LogP contribution in [-0.4, -0.2) is 78.2 Å². The summed E-state index contributed by atoms with van der Waals surface area (Å²) in [6.07, 6.45) is 12.1. The molecule has 10 heteroatoms. The number of ether oxygens (including phenoxy) is 1. The number of piperidine rings is 1. The molecule has 1 spiro atoms. The molecule has 0 unspecified atom stereocenters. The van der Waals surface area contributed by atoms with E-state index in [9.17, 15) is 4.79 Å². The number of piperazine rings is 1. The third-order valence-corrected chi connectivity index (χ3v) is 9.71. The van der Waals surface area contributed by atoms with Crippen LogP contribution in [0.3, 0.4) is 0 Å². The van der Waals surface area contributed by atoms with E-state index in [-0.39, 0.29) is 18.1 Å². The van der Waals surface area contributed by atoms with Crippen LogP contribution in [0.4, 0.5) is 5.82 Å². The van der Waals surface area contributed by atoms with Crippen LogP contribution in [0.2, 0.25) is 5.02 Å². The van der Waals surface area contributed by atoms with Gasteiger partial charge in [-0.15, -0.1) is 0 Å². The third kappa shape index (κ3) is 6.04. The van der Waals surface area contributed by atoms with E-state index in [1.165, 1.54) is 38.8 Å². The number of nitrogens with zero attached hydrogens (tertiary/aromatic N) is 5. The van der Waals surface area contributed by atoms with Crippen LogP contribution >= 0.6 is 11.6 Å². The molecule has 4 aliphatic rings. The molecule has 212 valence electrons. The van der Waals surface area contributed by atoms with E-state index < -0.39 is 0 Å². The van der Waals surface area contributed by atoms with E-state index in [4.69, 9.17) is 21.6 Å². The average molecular weight is 564 g/mol. The second-order valence-corrected chi connectivity index (χ2v) is 12.3. The number of aromatic nitrogens is 2. The van der Waals surface area contributed by atoms with E-state index in [0.717, 1.165) is 63.7 Å². The maximum Gasteiger partial charge on any atom is 0.271 e. The number of hydrogen-bond acceptors (Lipinski definition) is 8. The standard InChI is InChI=1S/C30H38ClN7O2/c31-26-15-25(4-1-21(26)18-32)40-24-5-2-22(3-6-24)36-29(39)27-19-35-28(20-34-27)38-13-11-37(12-14-38)23-16-30(17-23)7-9-33-10-8-30/h1,4,15,19-20,22-24,33H,2-3,5-14,16-17H2,(H,36,39)/t22-,24-. The summed E-state index contributed by atoms with van der Waals surface area (Å²) in [5, 5.41) is 16.0. The highest BCUT2D eigenvalue weighted by Gasteiger charge is 2.46. The minimum atomic E-state index is -0.177. The Morgan fingerprint density at radius 1 is 1.07 bits per heavy atom. The van der Waals surface area contributed by atoms with Crippen LogP contribution in [0.25, 0.3) is 0 Å². The fraction of sp³-hybridized carbons (Fsp3) is 0.600. The summed E-state index contributed by atoms with van der Waals surface area (Å²) in [4.78, 5) is 26.8. The molecule has 2 aliphatic carbocycles. The van der Waals surface area contributed by atoms with Crippen molar-refractivity contribution in [2.75, 3.05) is 44.2 Å². The summed E-state index contributed by atoms with van der Waals surface area (Å²) in [5.41, 5.74) is 1.41. The molecule has 6 rings (SSSR count). The van der Waals surface area contributed by atoms with Gasteiger partial charge in [0.1, 0.15) is 23.3 Å². The monoisotopic (exact) mass is 563 g/mol. The summed E-state index contributed by atoms with van der Waals surface area (Å²) in [6.45, 7) is 6.39. The molecule has 0 radical (unpaired) electrons. The lowest BCUT2D eigenvalue weighted by Crippen LogP contribution is -2.58. The van der Waals surface area contributed by atoms with Gasteiger partial charge in [-0.2, -0.15) is 5.26 Å². The van der Waals surface area contributed by atoms with E-state index in [1.807, 2.05) is 0 Å². The minimum absolute atomic E-state index is 0.0617.